The molecule has 1 N–H and O–H groups in total. The highest BCUT2D eigenvalue weighted by atomic mass is 32.2. The molecule has 146 valence electrons. The van der Waals surface area contributed by atoms with Crippen LogP contribution in [0.2, 0.25) is 0 Å². The van der Waals surface area contributed by atoms with Crippen molar-refractivity contribution in [2.75, 3.05) is 6.61 Å². The van der Waals surface area contributed by atoms with Crippen molar-refractivity contribution < 1.29 is 17.9 Å². The van der Waals surface area contributed by atoms with Crippen LogP contribution in [0.1, 0.15) is 43.4 Å². The summed E-state index contributed by atoms with van der Waals surface area (Å²) < 4.78 is 42.0. The number of hydrogen-bond donors (Lipinski definition) is 1. The quantitative estimate of drug-likeness (QED) is 0.808. The van der Waals surface area contributed by atoms with Crippen LogP contribution in [0.5, 0.6) is 0 Å². The smallest absolute Gasteiger partial charge is 0.243 e. The van der Waals surface area contributed by atoms with E-state index in [0.29, 0.717) is 19.3 Å². The molecule has 0 spiro atoms. The lowest BCUT2D eigenvalue weighted by molar-refractivity contribution is 0.205. The second kappa shape index (κ2) is 8.09. The van der Waals surface area contributed by atoms with Gasteiger partial charge in [0.15, 0.2) is 0 Å². The Morgan fingerprint density at radius 3 is 2.33 bits per heavy atom. The Kier molecular flexibility index (Phi) is 5.99. The maximum atomic E-state index is 13.5. The highest BCUT2D eigenvalue weighted by molar-refractivity contribution is 7.89. The minimum absolute atomic E-state index is 0.0251. The van der Waals surface area contributed by atoms with E-state index in [2.05, 4.69) is 0 Å². The molecule has 6 heteroatoms. The molecule has 2 aromatic carbocycles. The first-order valence-electron chi connectivity index (χ1n) is 9.31. The molecule has 3 atom stereocenters. The topological polar surface area (TPSA) is 57.6 Å². The summed E-state index contributed by atoms with van der Waals surface area (Å²) in [5.74, 6) is -0.310. The van der Waals surface area contributed by atoms with Crippen LogP contribution >= 0.6 is 0 Å². The van der Waals surface area contributed by atoms with E-state index in [1.54, 1.807) is 40.7 Å². The monoisotopic (exact) mass is 391 g/mol. The molecule has 0 amide bonds. The van der Waals surface area contributed by atoms with Gasteiger partial charge in [0.1, 0.15) is 5.82 Å². The van der Waals surface area contributed by atoms with Crippen LogP contribution in [0.15, 0.2) is 53.4 Å². The number of hydrogen-bond acceptors (Lipinski definition) is 3. The molecule has 1 aliphatic rings. The number of sulfonamides is 1. The van der Waals surface area contributed by atoms with Gasteiger partial charge >= 0.3 is 0 Å². The van der Waals surface area contributed by atoms with Crippen LogP contribution in [0.4, 0.5) is 4.39 Å². The zero-order valence-corrected chi connectivity index (χ0v) is 16.5. The van der Waals surface area contributed by atoms with Crippen molar-refractivity contribution in [3.8, 4) is 0 Å². The molecular weight excluding hydrogens is 365 g/mol. The summed E-state index contributed by atoms with van der Waals surface area (Å²) in [6.07, 6.45) is 1.94. The summed E-state index contributed by atoms with van der Waals surface area (Å²) in [7, 11) is -3.72. The first-order chi connectivity index (χ1) is 12.8. The lowest BCUT2D eigenvalue weighted by Crippen LogP contribution is -2.41. The Bertz CT molecular complexity index is 865. The molecule has 0 bridgehead atoms. The summed E-state index contributed by atoms with van der Waals surface area (Å²) in [5, 5.41) is 9.34. The predicted molar refractivity (Wildman–Crippen MR) is 103 cm³/mol. The third kappa shape index (κ3) is 4.08. The van der Waals surface area contributed by atoms with E-state index in [9.17, 15) is 17.9 Å². The zero-order chi connectivity index (χ0) is 19.6. The lowest BCUT2D eigenvalue weighted by atomic mass is 9.97. The van der Waals surface area contributed by atoms with E-state index < -0.39 is 10.0 Å². The fourth-order valence-electron chi connectivity index (χ4n) is 3.92. The highest BCUT2D eigenvalue weighted by Crippen LogP contribution is 2.43. The van der Waals surface area contributed by atoms with Crippen LogP contribution < -0.4 is 0 Å². The number of halogens is 1. The van der Waals surface area contributed by atoms with Crippen LogP contribution in [0.3, 0.4) is 0 Å². The second-order valence-electron chi connectivity index (χ2n) is 7.35. The Balaban J connectivity index is 2.04. The molecule has 4 nitrogen and oxygen atoms in total. The standard InChI is InChI=1S/C21H26FNO3S/c1-15-3-9-19(10-4-15)27(25,26)23-20(16(2)13-14-24)11-12-21(23)17-5-7-18(22)8-6-17/h3-10,16,20-21,24H,11-14H2,1-2H3. The minimum Gasteiger partial charge on any atom is -0.396 e. The zero-order valence-electron chi connectivity index (χ0n) is 15.7. The molecule has 3 unspecified atom stereocenters. The van der Waals surface area contributed by atoms with Crippen molar-refractivity contribution in [3.05, 3.63) is 65.5 Å². The van der Waals surface area contributed by atoms with Gasteiger partial charge in [-0.05, 0) is 61.9 Å². The molecule has 0 aliphatic carbocycles. The summed E-state index contributed by atoms with van der Waals surface area (Å²) in [4.78, 5) is 0.267. The molecule has 3 rings (SSSR count). The molecule has 2 aromatic rings. The first kappa shape index (κ1) is 20.0. The van der Waals surface area contributed by atoms with E-state index in [4.69, 9.17) is 0 Å². The van der Waals surface area contributed by atoms with Crippen molar-refractivity contribution >= 4 is 10.0 Å². The van der Waals surface area contributed by atoms with Crippen molar-refractivity contribution in [2.24, 2.45) is 5.92 Å². The number of aliphatic hydroxyl groups excluding tert-OH is 1. The van der Waals surface area contributed by atoms with Gasteiger partial charge in [0, 0.05) is 12.6 Å². The van der Waals surface area contributed by atoms with Crippen molar-refractivity contribution in [1.82, 2.24) is 4.31 Å². The summed E-state index contributed by atoms with van der Waals surface area (Å²) in [6.45, 7) is 3.92. The highest BCUT2D eigenvalue weighted by Gasteiger charge is 2.44. The Morgan fingerprint density at radius 1 is 1.11 bits per heavy atom. The van der Waals surface area contributed by atoms with Gasteiger partial charge < -0.3 is 5.11 Å². The summed E-state index contributed by atoms with van der Waals surface area (Å²) >= 11 is 0. The normalized spacial score (nSPS) is 22.1. The minimum atomic E-state index is -3.72. The van der Waals surface area contributed by atoms with Gasteiger partial charge in [-0.1, -0.05) is 36.8 Å². The number of aryl methyl sites for hydroxylation is 1. The Morgan fingerprint density at radius 2 is 1.74 bits per heavy atom. The lowest BCUT2D eigenvalue weighted by Gasteiger charge is -2.33. The molecule has 1 heterocycles. The van der Waals surface area contributed by atoms with Crippen LogP contribution in [-0.2, 0) is 10.0 Å². The average molecular weight is 392 g/mol. The van der Waals surface area contributed by atoms with Gasteiger partial charge in [0.25, 0.3) is 0 Å². The third-order valence-corrected chi connectivity index (χ3v) is 7.41. The number of rotatable bonds is 6. The Labute approximate surface area is 160 Å². The first-order valence-corrected chi connectivity index (χ1v) is 10.7. The van der Waals surface area contributed by atoms with Gasteiger partial charge in [-0.3, -0.25) is 0 Å². The largest absolute Gasteiger partial charge is 0.396 e. The number of aliphatic hydroxyl groups is 1. The van der Waals surface area contributed by atoms with Gasteiger partial charge in [0.2, 0.25) is 10.0 Å². The number of nitrogens with zero attached hydrogens (tertiary/aromatic N) is 1. The molecular formula is C21H26FNO3S. The van der Waals surface area contributed by atoms with Crippen LogP contribution in [0.25, 0.3) is 0 Å². The molecule has 1 fully saturated rings. The van der Waals surface area contributed by atoms with Crippen LogP contribution in [-0.4, -0.2) is 30.5 Å². The maximum Gasteiger partial charge on any atom is 0.243 e. The van der Waals surface area contributed by atoms with E-state index in [1.807, 2.05) is 13.8 Å². The molecule has 0 saturated carbocycles. The molecule has 1 aliphatic heterocycles. The van der Waals surface area contributed by atoms with E-state index in [0.717, 1.165) is 11.1 Å². The van der Waals surface area contributed by atoms with Crippen molar-refractivity contribution in [2.45, 2.75) is 50.1 Å². The number of benzene rings is 2. The van der Waals surface area contributed by atoms with Gasteiger partial charge in [-0.25, -0.2) is 12.8 Å². The fourth-order valence-corrected chi connectivity index (χ4v) is 5.88. The third-order valence-electron chi connectivity index (χ3n) is 5.46. The van der Waals surface area contributed by atoms with E-state index in [1.165, 1.54) is 12.1 Å². The average Bonchev–Trinajstić information content (AvgIpc) is 3.09. The molecule has 0 aromatic heterocycles. The molecule has 0 radical (unpaired) electrons. The molecule has 1 saturated heterocycles. The van der Waals surface area contributed by atoms with Gasteiger partial charge in [0.05, 0.1) is 10.9 Å². The van der Waals surface area contributed by atoms with Crippen LogP contribution in [0, 0.1) is 18.7 Å². The molecule has 27 heavy (non-hydrogen) atoms. The fraction of sp³-hybridized carbons (Fsp3) is 0.429. The van der Waals surface area contributed by atoms with E-state index in [-0.39, 0.29) is 35.3 Å². The maximum absolute atomic E-state index is 13.5. The Hall–Kier alpha value is -1.76. The van der Waals surface area contributed by atoms with Crippen molar-refractivity contribution in [3.63, 3.8) is 0 Å². The van der Waals surface area contributed by atoms with E-state index >= 15 is 0 Å². The van der Waals surface area contributed by atoms with Gasteiger partial charge in [-0.2, -0.15) is 4.31 Å². The van der Waals surface area contributed by atoms with Crippen molar-refractivity contribution in [1.29, 1.82) is 0 Å². The summed E-state index contributed by atoms with van der Waals surface area (Å²) in [5.41, 5.74) is 1.79. The predicted octanol–water partition coefficient (Wildman–Crippen LogP) is 4.05. The SMILES string of the molecule is Cc1ccc(S(=O)(=O)N2C(c3ccc(F)cc3)CCC2C(C)CCO)cc1. The van der Waals surface area contributed by atoms with Gasteiger partial charge in [-0.15, -0.1) is 0 Å². The summed E-state index contributed by atoms with van der Waals surface area (Å²) in [6, 6.07) is 12.4. The second-order valence-corrected chi connectivity index (χ2v) is 9.19.